The fourth-order valence-corrected chi connectivity index (χ4v) is 4.41. The second kappa shape index (κ2) is 11.8. The fraction of sp³-hybridized carbons (Fsp3) is 0.481. The number of hydrogen-bond acceptors (Lipinski definition) is 4. The SMILES string of the molecule is CCC(=O)Nc1ccc(N(C)C)c(CN(CC2CCCO2)C(=O)C(CC)c2ccccc2)c1. The number of hydrogen-bond donors (Lipinski definition) is 1. The molecule has 0 radical (unpaired) electrons. The van der Waals surface area contributed by atoms with E-state index in [4.69, 9.17) is 4.74 Å². The number of benzene rings is 2. The van der Waals surface area contributed by atoms with Crippen LogP contribution in [-0.2, 0) is 20.9 Å². The van der Waals surface area contributed by atoms with E-state index in [1.54, 1.807) is 0 Å². The van der Waals surface area contributed by atoms with Crippen LogP contribution in [0.25, 0.3) is 0 Å². The summed E-state index contributed by atoms with van der Waals surface area (Å²) in [6.45, 7) is 5.68. The molecule has 2 aromatic rings. The van der Waals surface area contributed by atoms with Crippen molar-refractivity contribution >= 4 is 23.2 Å². The van der Waals surface area contributed by atoms with Gasteiger partial charge in [-0.1, -0.05) is 44.2 Å². The van der Waals surface area contributed by atoms with E-state index in [2.05, 4.69) is 12.2 Å². The fourth-order valence-electron chi connectivity index (χ4n) is 4.41. The van der Waals surface area contributed by atoms with Gasteiger partial charge < -0.3 is 19.9 Å². The van der Waals surface area contributed by atoms with Gasteiger partial charge >= 0.3 is 0 Å². The third kappa shape index (κ3) is 6.57. The summed E-state index contributed by atoms with van der Waals surface area (Å²) in [5, 5.41) is 2.95. The molecular weight excluding hydrogens is 414 g/mol. The van der Waals surface area contributed by atoms with Gasteiger partial charge in [0.1, 0.15) is 0 Å². The van der Waals surface area contributed by atoms with E-state index < -0.39 is 0 Å². The summed E-state index contributed by atoms with van der Waals surface area (Å²) in [5.41, 5.74) is 3.83. The van der Waals surface area contributed by atoms with Crippen molar-refractivity contribution in [3.63, 3.8) is 0 Å². The number of anilines is 2. The van der Waals surface area contributed by atoms with Crippen LogP contribution in [0.2, 0.25) is 0 Å². The lowest BCUT2D eigenvalue weighted by molar-refractivity contribution is -0.135. The van der Waals surface area contributed by atoms with Crippen LogP contribution in [0, 0.1) is 0 Å². The molecule has 0 aliphatic carbocycles. The molecule has 2 atom stereocenters. The van der Waals surface area contributed by atoms with Gasteiger partial charge in [-0.3, -0.25) is 9.59 Å². The highest BCUT2D eigenvalue weighted by atomic mass is 16.5. The molecule has 6 nitrogen and oxygen atoms in total. The zero-order valence-electron chi connectivity index (χ0n) is 20.3. The maximum absolute atomic E-state index is 13.8. The molecule has 2 unspecified atom stereocenters. The number of rotatable bonds is 10. The van der Waals surface area contributed by atoms with Gasteiger partial charge in [0.05, 0.1) is 12.0 Å². The lowest BCUT2D eigenvalue weighted by atomic mass is 9.94. The number of carbonyl (C=O) groups is 2. The molecule has 3 rings (SSSR count). The molecule has 1 saturated heterocycles. The highest BCUT2D eigenvalue weighted by Crippen LogP contribution is 2.29. The van der Waals surface area contributed by atoms with Gasteiger partial charge in [0, 0.05) is 51.6 Å². The summed E-state index contributed by atoms with van der Waals surface area (Å²) in [6, 6.07) is 15.9. The summed E-state index contributed by atoms with van der Waals surface area (Å²) in [4.78, 5) is 29.8. The molecule has 1 N–H and O–H groups in total. The monoisotopic (exact) mass is 451 g/mol. The van der Waals surface area contributed by atoms with E-state index in [-0.39, 0.29) is 23.8 Å². The van der Waals surface area contributed by atoms with Crippen LogP contribution in [-0.4, -0.2) is 50.1 Å². The van der Waals surface area contributed by atoms with Crippen LogP contribution in [0.1, 0.15) is 56.6 Å². The number of carbonyl (C=O) groups excluding carboxylic acids is 2. The number of amides is 2. The summed E-state index contributed by atoms with van der Waals surface area (Å²) in [7, 11) is 3.99. The first-order chi connectivity index (χ1) is 15.9. The van der Waals surface area contributed by atoms with Crippen molar-refractivity contribution < 1.29 is 14.3 Å². The first-order valence-electron chi connectivity index (χ1n) is 12.0. The number of nitrogens with zero attached hydrogens (tertiary/aromatic N) is 2. The molecule has 0 bridgehead atoms. The van der Waals surface area contributed by atoms with Gasteiger partial charge in [-0.2, -0.15) is 0 Å². The lowest BCUT2D eigenvalue weighted by Crippen LogP contribution is -2.40. The molecule has 6 heteroatoms. The summed E-state index contributed by atoms with van der Waals surface area (Å²) < 4.78 is 5.90. The van der Waals surface area contributed by atoms with Crippen molar-refractivity contribution in [1.29, 1.82) is 0 Å². The third-order valence-electron chi connectivity index (χ3n) is 6.20. The summed E-state index contributed by atoms with van der Waals surface area (Å²) in [5.74, 6) is -0.105. The van der Waals surface area contributed by atoms with Crippen LogP contribution < -0.4 is 10.2 Å². The molecule has 0 spiro atoms. The first kappa shape index (κ1) is 24.8. The molecule has 33 heavy (non-hydrogen) atoms. The van der Waals surface area contributed by atoms with Crippen LogP contribution in [0.5, 0.6) is 0 Å². The van der Waals surface area contributed by atoms with Crippen molar-refractivity contribution in [2.45, 2.75) is 58.1 Å². The van der Waals surface area contributed by atoms with E-state index in [0.29, 0.717) is 19.5 Å². The molecule has 1 aliphatic heterocycles. The predicted octanol–water partition coefficient (Wildman–Crippen LogP) is 4.80. The molecule has 0 aromatic heterocycles. The van der Waals surface area contributed by atoms with Crippen LogP contribution >= 0.6 is 0 Å². The summed E-state index contributed by atoms with van der Waals surface area (Å²) in [6.07, 6.45) is 3.22. The van der Waals surface area contributed by atoms with Crippen molar-refractivity contribution in [3.8, 4) is 0 Å². The highest BCUT2D eigenvalue weighted by molar-refractivity contribution is 5.91. The summed E-state index contributed by atoms with van der Waals surface area (Å²) >= 11 is 0. The highest BCUT2D eigenvalue weighted by Gasteiger charge is 2.29. The Balaban J connectivity index is 1.93. The largest absolute Gasteiger partial charge is 0.377 e. The van der Waals surface area contributed by atoms with E-state index in [1.807, 2.05) is 79.3 Å². The predicted molar refractivity (Wildman–Crippen MR) is 134 cm³/mol. The Morgan fingerprint density at radius 3 is 2.48 bits per heavy atom. The second-order valence-corrected chi connectivity index (χ2v) is 8.86. The smallest absolute Gasteiger partial charge is 0.230 e. The zero-order valence-corrected chi connectivity index (χ0v) is 20.3. The Morgan fingerprint density at radius 1 is 1.12 bits per heavy atom. The first-order valence-corrected chi connectivity index (χ1v) is 12.0. The maximum atomic E-state index is 13.8. The average Bonchev–Trinajstić information content (AvgIpc) is 3.33. The normalized spacial score (nSPS) is 16.3. The zero-order chi connectivity index (χ0) is 23.8. The van der Waals surface area contributed by atoms with Crippen LogP contribution in [0.4, 0.5) is 11.4 Å². The average molecular weight is 452 g/mol. The van der Waals surface area contributed by atoms with Crippen molar-refractivity contribution in [1.82, 2.24) is 4.90 Å². The van der Waals surface area contributed by atoms with E-state index >= 15 is 0 Å². The van der Waals surface area contributed by atoms with Gasteiger partial charge in [0.25, 0.3) is 0 Å². The van der Waals surface area contributed by atoms with Gasteiger partial charge in [-0.25, -0.2) is 0 Å². The molecule has 0 saturated carbocycles. The van der Waals surface area contributed by atoms with Crippen LogP contribution in [0.15, 0.2) is 48.5 Å². The van der Waals surface area contributed by atoms with Gasteiger partial charge in [0.15, 0.2) is 0 Å². The maximum Gasteiger partial charge on any atom is 0.230 e. The van der Waals surface area contributed by atoms with Crippen molar-refractivity contribution in [2.24, 2.45) is 0 Å². The topological polar surface area (TPSA) is 61.9 Å². The molecule has 2 amide bonds. The Hall–Kier alpha value is -2.86. The number of nitrogens with one attached hydrogen (secondary N) is 1. The van der Waals surface area contributed by atoms with E-state index in [1.165, 1.54) is 0 Å². The Kier molecular flexibility index (Phi) is 8.89. The van der Waals surface area contributed by atoms with E-state index in [9.17, 15) is 9.59 Å². The Labute approximate surface area is 197 Å². The minimum atomic E-state index is -0.196. The van der Waals surface area contributed by atoms with Crippen molar-refractivity contribution in [3.05, 3.63) is 59.7 Å². The van der Waals surface area contributed by atoms with Gasteiger partial charge in [-0.15, -0.1) is 0 Å². The molecular formula is C27H37N3O3. The molecule has 178 valence electrons. The lowest BCUT2D eigenvalue weighted by Gasteiger charge is -2.31. The quantitative estimate of drug-likeness (QED) is 0.564. The molecule has 1 aliphatic rings. The third-order valence-corrected chi connectivity index (χ3v) is 6.20. The van der Waals surface area contributed by atoms with Crippen LogP contribution in [0.3, 0.4) is 0 Å². The second-order valence-electron chi connectivity index (χ2n) is 8.86. The molecule has 1 heterocycles. The minimum absolute atomic E-state index is 0.0269. The van der Waals surface area contributed by atoms with Crippen molar-refractivity contribution in [2.75, 3.05) is 37.5 Å². The standard InChI is InChI=1S/C27H37N3O3/c1-5-24(20-11-8-7-9-12-20)27(32)30(19-23-13-10-16-33-23)18-21-17-22(28-26(31)6-2)14-15-25(21)29(3)4/h7-9,11-12,14-15,17,23-24H,5-6,10,13,16,18-19H2,1-4H3,(H,28,31). The molecule has 1 fully saturated rings. The Morgan fingerprint density at radius 2 is 1.88 bits per heavy atom. The van der Waals surface area contributed by atoms with Gasteiger partial charge in [0.2, 0.25) is 11.8 Å². The minimum Gasteiger partial charge on any atom is -0.377 e. The molecule has 2 aromatic carbocycles. The Bertz CT molecular complexity index is 923. The van der Waals surface area contributed by atoms with Gasteiger partial charge in [-0.05, 0) is 48.6 Å². The van der Waals surface area contributed by atoms with E-state index in [0.717, 1.165) is 48.4 Å². The number of ether oxygens (including phenoxy) is 1.